The van der Waals surface area contributed by atoms with E-state index < -0.39 is 0 Å². The van der Waals surface area contributed by atoms with Crippen LogP contribution in [0.5, 0.6) is 17.2 Å². The maximum Gasteiger partial charge on any atom is 0.293 e. The van der Waals surface area contributed by atoms with Crippen molar-refractivity contribution in [3.63, 3.8) is 0 Å². The average molecular weight is 449 g/mol. The largest absolute Gasteiger partial charge is 0.493 e. The van der Waals surface area contributed by atoms with Gasteiger partial charge in [0.25, 0.3) is 11.1 Å². The number of imide groups is 1. The molecule has 31 heavy (non-hydrogen) atoms. The fourth-order valence-electron chi connectivity index (χ4n) is 3.88. The first kappa shape index (κ1) is 23.0. The van der Waals surface area contributed by atoms with Crippen LogP contribution in [0.2, 0.25) is 0 Å². The summed E-state index contributed by atoms with van der Waals surface area (Å²) in [7, 11) is 4.53. The smallest absolute Gasteiger partial charge is 0.293 e. The minimum absolute atomic E-state index is 0.0214. The normalized spacial score (nSPS) is 18.0. The topological polar surface area (TPSA) is 94.2 Å². The Morgan fingerprint density at radius 1 is 1.13 bits per heavy atom. The van der Waals surface area contributed by atoms with E-state index in [1.54, 1.807) is 18.2 Å². The first-order chi connectivity index (χ1) is 15.0. The second kappa shape index (κ2) is 10.6. The second-order valence-electron chi connectivity index (χ2n) is 7.50. The molecule has 3 rings (SSSR count). The summed E-state index contributed by atoms with van der Waals surface area (Å²) in [6.07, 6.45) is 6.71. The van der Waals surface area contributed by atoms with Crippen LogP contribution in [0.25, 0.3) is 6.08 Å². The molecule has 1 saturated heterocycles. The maximum atomic E-state index is 12.7. The van der Waals surface area contributed by atoms with Gasteiger partial charge >= 0.3 is 0 Å². The van der Waals surface area contributed by atoms with Gasteiger partial charge in [0.1, 0.15) is 0 Å². The Morgan fingerprint density at radius 2 is 1.77 bits per heavy atom. The summed E-state index contributed by atoms with van der Waals surface area (Å²) in [5.41, 5.74) is 0.643. The van der Waals surface area contributed by atoms with Crippen molar-refractivity contribution < 1.29 is 28.6 Å². The Kier molecular flexibility index (Phi) is 7.84. The molecule has 168 valence electrons. The first-order valence-corrected chi connectivity index (χ1v) is 11.1. The fraction of sp³-hybridized carbons (Fsp3) is 0.500. The molecule has 0 unspecified atom stereocenters. The van der Waals surface area contributed by atoms with Crippen molar-refractivity contribution in [1.82, 2.24) is 10.2 Å². The summed E-state index contributed by atoms with van der Waals surface area (Å²) in [6, 6.07) is 3.41. The molecule has 0 bridgehead atoms. The molecule has 1 aromatic rings. The molecule has 3 amide bonds. The molecule has 0 radical (unpaired) electrons. The van der Waals surface area contributed by atoms with Crippen LogP contribution < -0.4 is 19.5 Å². The summed E-state index contributed by atoms with van der Waals surface area (Å²) in [4.78, 5) is 38.6. The lowest BCUT2D eigenvalue weighted by atomic mass is 10.0. The van der Waals surface area contributed by atoms with Gasteiger partial charge in [0.05, 0.1) is 26.2 Å². The van der Waals surface area contributed by atoms with Crippen LogP contribution >= 0.6 is 11.8 Å². The van der Waals surface area contributed by atoms with E-state index in [1.807, 2.05) is 0 Å². The Hall–Kier alpha value is -2.68. The van der Waals surface area contributed by atoms with Gasteiger partial charge in [-0.1, -0.05) is 12.8 Å². The van der Waals surface area contributed by atoms with Crippen molar-refractivity contribution in [3.8, 4) is 17.2 Å². The van der Waals surface area contributed by atoms with Crippen LogP contribution in [-0.4, -0.2) is 56.4 Å². The summed E-state index contributed by atoms with van der Waals surface area (Å²) < 4.78 is 16.0. The van der Waals surface area contributed by atoms with Crippen molar-refractivity contribution in [2.24, 2.45) is 5.92 Å². The highest BCUT2D eigenvalue weighted by atomic mass is 32.2. The second-order valence-corrected chi connectivity index (χ2v) is 8.49. The number of methoxy groups -OCH3 is 3. The predicted molar refractivity (Wildman–Crippen MR) is 118 cm³/mol. The number of hydrogen-bond donors (Lipinski definition) is 1. The molecule has 1 heterocycles. The number of nitrogens with zero attached hydrogens (tertiary/aromatic N) is 1. The van der Waals surface area contributed by atoms with Gasteiger partial charge in [0, 0.05) is 19.5 Å². The molecule has 1 N–H and O–H groups in total. The third-order valence-corrected chi connectivity index (χ3v) is 6.37. The van der Waals surface area contributed by atoms with E-state index in [-0.39, 0.29) is 30.1 Å². The van der Waals surface area contributed by atoms with E-state index in [4.69, 9.17) is 14.2 Å². The van der Waals surface area contributed by atoms with Gasteiger partial charge in [-0.25, -0.2) is 0 Å². The van der Waals surface area contributed by atoms with Gasteiger partial charge in [-0.15, -0.1) is 0 Å². The van der Waals surface area contributed by atoms with Gasteiger partial charge in [-0.05, 0) is 54.3 Å². The molecule has 0 aromatic heterocycles. The minimum atomic E-state index is -0.381. The van der Waals surface area contributed by atoms with E-state index in [0.29, 0.717) is 40.1 Å². The number of amides is 3. The Bertz CT molecular complexity index is 854. The van der Waals surface area contributed by atoms with Gasteiger partial charge < -0.3 is 19.5 Å². The molecule has 1 saturated carbocycles. The van der Waals surface area contributed by atoms with Gasteiger partial charge in [0.2, 0.25) is 11.7 Å². The number of hydrogen-bond acceptors (Lipinski definition) is 7. The van der Waals surface area contributed by atoms with E-state index >= 15 is 0 Å². The summed E-state index contributed by atoms with van der Waals surface area (Å²) in [5, 5.41) is 2.47. The highest BCUT2D eigenvalue weighted by molar-refractivity contribution is 8.18. The zero-order valence-electron chi connectivity index (χ0n) is 18.1. The van der Waals surface area contributed by atoms with E-state index in [1.165, 1.54) is 34.2 Å². The Morgan fingerprint density at radius 3 is 2.35 bits per heavy atom. The number of benzene rings is 1. The van der Waals surface area contributed by atoms with Crippen LogP contribution in [0, 0.1) is 5.92 Å². The summed E-state index contributed by atoms with van der Waals surface area (Å²) in [6.45, 7) is 0.398. The van der Waals surface area contributed by atoms with Crippen molar-refractivity contribution in [3.05, 3.63) is 22.6 Å². The minimum Gasteiger partial charge on any atom is -0.493 e. The molecular formula is C22H28N2O6S. The molecule has 1 aliphatic heterocycles. The number of nitrogens with one attached hydrogen (secondary N) is 1. The number of ether oxygens (including phenoxy) is 3. The highest BCUT2D eigenvalue weighted by Crippen LogP contribution is 2.40. The fourth-order valence-corrected chi connectivity index (χ4v) is 4.75. The van der Waals surface area contributed by atoms with Crippen LogP contribution in [0.1, 0.15) is 37.7 Å². The lowest BCUT2D eigenvalue weighted by Gasteiger charge is -2.14. The Labute approximate surface area is 186 Å². The standard InChI is InChI=1S/C22H28N2O6S/c1-28-16-10-15(11-17(29-2)20(16)30-3)12-18-21(26)24(22(27)31-18)9-8-23-19(25)13-14-6-4-5-7-14/h10-12,14H,4-9,13H2,1-3H3,(H,23,25). The van der Waals surface area contributed by atoms with Crippen LogP contribution in [-0.2, 0) is 9.59 Å². The highest BCUT2D eigenvalue weighted by Gasteiger charge is 2.35. The van der Waals surface area contributed by atoms with Gasteiger partial charge in [-0.3, -0.25) is 19.3 Å². The molecule has 0 spiro atoms. The number of rotatable bonds is 9. The number of carbonyl (C=O) groups is 3. The monoisotopic (exact) mass is 448 g/mol. The maximum absolute atomic E-state index is 12.7. The average Bonchev–Trinajstić information content (AvgIpc) is 3.36. The first-order valence-electron chi connectivity index (χ1n) is 10.3. The van der Waals surface area contributed by atoms with Crippen molar-refractivity contribution in [1.29, 1.82) is 0 Å². The molecule has 1 aromatic carbocycles. The Balaban J connectivity index is 1.63. The quantitative estimate of drug-likeness (QED) is 0.578. The lowest BCUT2D eigenvalue weighted by Crippen LogP contribution is -2.37. The van der Waals surface area contributed by atoms with Crippen LogP contribution in [0.4, 0.5) is 4.79 Å². The third kappa shape index (κ3) is 5.52. The molecule has 8 nitrogen and oxygen atoms in total. The molecule has 9 heteroatoms. The van der Waals surface area contributed by atoms with E-state index in [0.717, 1.165) is 29.5 Å². The van der Waals surface area contributed by atoms with Crippen LogP contribution in [0.15, 0.2) is 17.0 Å². The summed E-state index contributed by atoms with van der Waals surface area (Å²) >= 11 is 0.871. The zero-order chi connectivity index (χ0) is 22.4. The molecule has 2 aliphatic rings. The lowest BCUT2D eigenvalue weighted by molar-refractivity contribution is -0.124. The van der Waals surface area contributed by atoms with E-state index in [9.17, 15) is 14.4 Å². The van der Waals surface area contributed by atoms with Crippen molar-refractivity contribution in [2.75, 3.05) is 34.4 Å². The van der Waals surface area contributed by atoms with Crippen LogP contribution in [0.3, 0.4) is 0 Å². The molecule has 1 aliphatic carbocycles. The number of carbonyl (C=O) groups excluding carboxylic acids is 3. The van der Waals surface area contributed by atoms with E-state index in [2.05, 4.69) is 5.32 Å². The van der Waals surface area contributed by atoms with Crippen molar-refractivity contribution in [2.45, 2.75) is 32.1 Å². The predicted octanol–water partition coefficient (Wildman–Crippen LogP) is 3.45. The SMILES string of the molecule is COc1cc(C=C2SC(=O)N(CCNC(=O)CC3CCCC3)C2=O)cc(OC)c1OC. The number of thioether (sulfide) groups is 1. The van der Waals surface area contributed by atoms with Crippen molar-refractivity contribution >= 4 is 34.9 Å². The van der Waals surface area contributed by atoms with Gasteiger partial charge in [0.15, 0.2) is 11.5 Å². The third-order valence-electron chi connectivity index (χ3n) is 5.46. The van der Waals surface area contributed by atoms with Gasteiger partial charge in [-0.2, -0.15) is 0 Å². The molecule has 0 atom stereocenters. The molecular weight excluding hydrogens is 420 g/mol. The molecule has 2 fully saturated rings. The summed E-state index contributed by atoms with van der Waals surface area (Å²) in [5.74, 6) is 1.41. The zero-order valence-corrected chi connectivity index (χ0v) is 18.9.